The summed E-state index contributed by atoms with van der Waals surface area (Å²) in [5.74, 6) is 0.0434. The molecule has 2 rings (SSSR count). The van der Waals surface area contributed by atoms with E-state index in [0.717, 1.165) is 11.3 Å². The van der Waals surface area contributed by atoms with Crippen molar-refractivity contribution in [1.82, 2.24) is 5.32 Å². The molecule has 4 heteroatoms. The second-order valence-corrected chi connectivity index (χ2v) is 5.95. The van der Waals surface area contributed by atoms with Crippen molar-refractivity contribution in [1.29, 1.82) is 0 Å². The highest BCUT2D eigenvalue weighted by Crippen LogP contribution is 2.39. The van der Waals surface area contributed by atoms with Crippen molar-refractivity contribution in [2.24, 2.45) is 17.8 Å². The first-order valence-corrected chi connectivity index (χ1v) is 7.12. The number of benzene rings is 1. The van der Waals surface area contributed by atoms with Crippen LogP contribution in [0.25, 0.3) is 0 Å². The van der Waals surface area contributed by atoms with Gasteiger partial charge in [-0.3, -0.25) is 9.59 Å². The Labute approximate surface area is 119 Å². The van der Waals surface area contributed by atoms with Gasteiger partial charge in [-0.2, -0.15) is 0 Å². The Kier molecular flexibility index (Phi) is 4.42. The van der Waals surface area contributed by atoms with Crippen molar-refractivity contribution in [3.05, 3.63) is 29.8 Å². The highest BCUT2D eigenvalue weighted by molar-refractivity contribution is 5.99. The van der Waals surface area contributed by atoms with Crippen LogP contribution in [-0.4, -0.2) is 18.4 Å². The molecule has 1 aliphatic carbocycles. The lowest BCUT2D eigenvalue weighted by atomic mass is 10.2. The maximum absolute atomic E-state index is 12.0. The highest BCUT2D eigenvalue weighted by atomic mass is 16.2. The topological polar surface area (TPSA) is 58.2 Å². The van der Waals surface area contributed by atoms with E-state index in [1.54, 1.807) is 0 Å². The number of anilines is 1. The van der Waals surface area contributed by atoms with Crippen molar-refractivity contribution in [3.63, 3.8) is 0 Å². The summed E-state index contributed by atoms with van der Waals surface area (Å²) in [7, 11) is 0. The fourth-order valence-electron chi connectivity index (χ4n) is 2.17. The molecule has 0 saturated heterocycles. The zero-order valence-electron chi connectivity index (χ0n) is 12.3. The van der Waals surface area contributed by atoms with Crippen molar-refractivity contribution in [2.75, 3.05) is 11.9 Å². The molecule has 1 saturated carbocycles. The Morgan fingerprint density at radius 3 is 2.60 bits per heavy atom. The molecule has 2 atom stereocenters. The summed E-state index contributed by atoms with van der Waals surface area (Å²) in [5, 5.41) is 5.76. The molecule has 20 heavy (non-hydrogen) atoms. The van der Waals surface area contributed by atoms with Gasteiger partial charge < -0.3 is 10.6 Å². The number of nitrogens with one attached hydrogen (secondary N) is 2. The van der Waals surface area contributed by atoms with Gasteiger partial charge in [0.15, 0.2) is 0 Å². The van der Waals surface area contributed by atoms with Crippen molar-refractivity contribution >= 4 is 17.5 Å². The number of amides is 2. The monoisotopic (exact) mass is 274 g/mol. The first-order valence-electron chi connectivity index (χ1n) is 7.12. The number of aryl methyl sites for hydroxylation is 1. The van der Waals surface area contributed by atoms with Crippen LogP contribution in [0, 0.1) is 24.7 Å². The quantitative estimate of drug-likeness (QED) is 0.866. The predicted molar refractivity (Wildman–Crippen MR) is 79.3 cm³/mol. The van der Waals surface area contributed by atoms with E-state index in [2.05, 4.69) is 24.5 Å². The lowest BCUT2D eigenvalue weighted by Gasteiger charge is -2.08. The van der Waals surface area contributed by atoms with Crippen LogP contribution in [0.4, 0.5) is 5.69 Å². The third kappa shape index (κ3) is 3.83. The molecule has 2 unspecified atom stereocenters. The number of rotatable bonds is 5. The summed E-state index contributed by atoms with van der Waals surface area (Å²) >= 11 is 0. The van der Waals surface area contributed by atoms with E-state index in [4.69, 9.17) is 0 Å². The van der Waals surface area contributed by atoms with E-state index >= 15 is 0 Å². The summed E-state index contributed by atoms with van der Waals surface area (Å²) in [6.07, 6.45) is 0.654. The molecule has 0 aliphatic heterocycles. The van der Waals surface area contributed by atoms with Crippen molar-refractivity contribution < 1.29 is 9.59 Å². The third-order valence-electron chi connectivity index (χ3n) is 3.43. The number of hydrogen-bond donors (Lipinski definition) is 2. The average Bonchev–Trinajstić information content (AvgIpc) is 3.16. The summed E-state index contributed by atoms with van der Waals surface area (Å²) < 4.78 is 0. The van der Waals surface area contributed by atoms with Crippen LogP contribution >= 0.6 is 0 Å². The molecular formula is C16H22N2O2. The molecule has 1 aromatic rings. The summed E-state index contributed by atoms with van der Waals surface area (Å²) in [6, 6.07) is 7.68. The molecule has 0 heterocycles. The van der Waals surface area contributed by atoms with Crippen LogP contribution < -0.4 is 10.6 Å². The van der Waals surface area contributed by atoms with Gasteiger partial charge in [-0.05, 0) is 37.0 Å². The third-order valence-corrected chi connectivity index (χ3v) is 3.43. The minimum absolute atomic E-state index is 0.00286. The maximum Gasteiger partial charge on any atom is 0.228 e. The van der Waals surface area contributed by atoms with Crippen LogP contribution in [-0.2, 0) is 9.59 Å². The van der Waals surface area contributed by atoms with E-state index in [1.807, 2.05) is 31.2 Å². The van der Waals surface area contributed by atoms with Crippen LogP contribution in [0.15, 0.2) is 24.3 Å². The fourth-order valence-corrected chi connectivity index (χ4v) is 2.17. The van der Waals surface area contributed by atoms with Gasteiger partial charge in [0.25, 0.3) is 0 Å². The van der Waals surface area contributed by atoms with Crippen molar-refractivity contribution in [3.8, 4) is 0 Å². The van der Waals surface area contributed by atoms with Crippen LogP contribution in [0.2, 0.25) is 0 Å². The van der Waals surface area contributed by atoms with Crippen LogP contribution in [0.3, 0.4) is 0 Å². The van der Waals surface area contributed by atoms with Gasteiger partial charge in [0.05, 0.1) is 11.8 Å². The molecule has 0 bridgehead atoms. The maximum atomic E-state index is 12.0. The van der Waals surface area contributed by atoms with E-state index < -0.39 is 0 Å². The first kappa shape index (κ1) is 14.6. The lowest BCUT2D eigenvalue weighted by Crippen LogP contribution is -2.30. The van der Waals surface area contributed by atoms with E-state index in [9.17, 15) is 9.59 Å². The van der Waals surface area contributed by atoms with E-state index in [0.29, 0.717) is 18.9 Å². The summed E-state index contributed by atoms with van der Waals surface area (Å²) in [4.78, 5) is 23.9. The smallest absolute Gasteiger partial charge is 0.228 e. The Balaban J connectivity index is 1.82. The molecule has 0 aromatic heterocycles. The van der Waals surface area contributed by atoms with E-state index in [1.165, 1.54) is 0 Å². The van der Waals surface area contributed by atoms with E-state index in [-0.39, 0.29) is 23.7 Å². The molecule has 2 N–H and O–H groups in total. The Bertz CT molecular complexity index is 511. The molecule has 0 spiro atoms. The summed E-state index contributed by atoms with van der Waals surface area (Å²) in [5.41, 5.74) is 1.90. The molecular weight excluding hydrogens is 252 g/mol. The van der Waals surface area contributed by atoms with Gasteiger partial charge in [0.2, 0.25) is 11.8 Å². The normalized spacial score (nSPS) is 20.6. The number of hydrogen-bond acceptors (Lipinski definition) is 2. The van der Waals surface area contributed by atoms with Crippen molar-refractivity contribution in [2.45, 2.75) is 27.2 Å². The SMILES string of the molecule is Cc1cccc(NC(=O)C2CC2C(=O)NCC(C)C)c1. The van der Waals surface area contributed by atoms with Crippen LogP contribution in [0.1, 0.15) is 25.8 Å². The Hall–Kier alpha value is -1.84. The second-order valence-electron chi connectivity index (χ2n) is 5.95. The second kappa shape index (κ2) is 6.07. The molecule has 1 fully saturated rings. The fraction of sp³-hybridized carbons (Fsp3) is 0.500. The van der Waals surface area contributed by atoms with Gasteiger partial charge in [-0.25, -0.2) is 0 Å². The summed E-state index contributed by atoms with van der Waals surface area (Å²) in [6.45, 7) is 6.75. The lowest BCUT2D eigenvalue weighted by molar-refractivity contribution is -0.125. The Morgan fingerprint density at radius 2 is 1.95 bits per heavy atom. The van der Waals surface area contributed by atoms with Gasteiger partial charge in [-0.1, -0.05) is 26.0 Å². The first-order chi connectivity index (χ1) is 9.47. The number of carbonyl (C=O) groups is 2. The Morgan fingerprint density at radius 1 is 1.25 bits per heavy atom. The molecule has 2 amide bonds. The van der Waals surface area contributed by atoms with Gasteiger partial charge in [0.1, 0.15) is 0 Å². The molecule has 0 radical (unpaired) electrons. The molecule has 108 valence electrons. The van der Waals surface area contributed by atoms with Crippen LogP contribution in [0.5, 0.6) is 0 Å². The van der Waals surface area contributed by atoms with Gasteiger partial charge in [-0.15, -0.1) is 0 Å². The zero-order chi connectivity index (χ0) is 14.7. The van der Waals surface area contributed by atoms with Gasteiger partial charge >= 0.3 is 0 Å². The largest absolute Gasteiger partial charge is 0.356 e. The highest BCUT2D eigenvalue weighted by Gasteiger charge is 2.47. The minimum Gasteiger partial charge on any atom is -0.356 e. The molecule has 4 nitrogen and oxygen atoms in total. The number of carbonyl (C=O) groups excluding carboxylic acids is 2. The van der Waals surface area contributed by atoms with Gasteiger partial charge in [0, 0.05) is 12.2 Å². The molecule has 1 aromatic carbocycles. The standard InChI is InChI=1S/C16H22N2O2/c1-10(2)9-17-15(19)13-8-14(13)16(20)18-12-6-4-5-11(3)7-12/h4-7,10,13-14H,8-9H2,1-3H3,(H,17,19)(H,18,20). The molecule has 1 aliphatic rings. The minimum atomic E-state index is -0.178. The predicted octanol–water partition coefficient (Wildman–Crippen LogP) is 2.34. The zero-order valence-corrected chi connectivity index (χ0v) is 12.3. The average molecular weight is 274 g/mol.